The smallest absolute Gasteiger partial charge is 0.246 e. The number of hydrogen-bond donors (Lipinski definition) is 0. The van der Waals surface area contributed by atoms with Gasteiger partial charge in [0, 0.05) is 58.3 Å². The molecule has 0 aromatic rings. The molecular formula is C19H31N3O3. The number of nitrogens with zero attached hydrogens (tertiary/aromatic N) is 3. The highest BCUT2D eigenvalue weighted by atomic mass is 16.5. The van der Waals surface area contributed by atoms with E-state index in [9.17, 15) is 9.59 Å². The van der Waals surface area contributed by atoms with E-state index in [1.54, 1.807) is 13.0 Å². The molecule has 0 saturated carbocycles. The zero-order chi connectivity index (χ0) is 17.6. The second-order valence-corrected chi connectivity index (χ2v) is 7.42. The fraction of sp³-hybridized carbons (Fsp3) is 0.789. The first-order valence-electron chi connectivity index (χ1n) is 9.68. The quantitative estimate of drug-likeness (QED) is 0.717. The van der Waals surface area contributed by atoms with Crippen molar-refractivity contribution in [2.75, 3.05) is 52.5 Å². The Hall–Kier alpha value is -1.40. The number of amides is 2. The Morgan fingerprint density at radius 3 is 2.64 bits per heavy atom. The molecule has 3 rings (SSSR count). The van der Waals surface area contributed by atoms with Crippen molar-refractivity contribution in [2.24, 2.45) is 5.92 Å². The van der Waals surface area contributed by atoms with Gasteiger partial charge in [0.15, 0.2) is 0 Å². The summed E-state index contributed by atoms with van der Waals surface area (Å²) in [5.41, 5.74) is 0. The number of morpholine rings is 1. The van der Waals surface area contributed by atoms with Crippen LogP contribution in [0.1, 0.15) is 32.6 Å². The maximum absolute atomic E-state index is 12.8. The van der Waals surface area contributed by atoms with E-state index in [0.29, 0.717) is 12.0 Å². The normalized spacial score (nSPS) is 28.7. The van der Waals surface area contributed by atoms with Crippen LogP contribution >= 0.6 is 0 Å². The third kappa shape index (κ3) is 4.82. The SMILES string of the molecule is CC(=O)N1CC[C@@H]2[C@@H](CCCCN2C(=O)/C=C/CN2CCOCC2)C1. The second-order valence-electron chi connectivity index (χ2n) is 7.42. The molecule has 2 atom stereocenters. The summed E-state index contributed by atoms with van der Waals surface area (Å²) in [7, 11) is 0. The lowest BCUT2D eigenvalue weighted by Gasteiger charge is -2.42. The van der Waals surface area contributed by atoms with E-state index in [1.807, 2.05) is 11.0 Å². The molecule has 3 fully saturated rings. The van der Waals surface area contributed by atoms with Gasteiger partial charge in [-0.3, -0.25) is 14.5 Å². The number of carbonyl (C=O) groups excluding carboxylic acids is 2. The first-order valence-corrected chi connectivity index (χ1v) is 9.68. The molecule has 3 aliphatic heterocycles. The van der Waals surface area contributed by atoms with Crippen LogP contribution in [0.15, 0.2) is 12.2 Å². The minimum absolute atomic E-state index is 0.140. The summed E-state index contributed by atoms with van der Waals surface area (Å²) in [6.45, 7) is 8.33. The lowest BCUT2D eigenvalue weighted by molar-refractivity contribution is -0.134. The largest absolute Gasteiger partial charge is 0.379 e. The molecule has 3 aliphatic rings. The number of hydrogen-bond acceptors (Lipinski definition) is 4. The molecule has 0 radical (unpaired) electrons. The van der Waals surface area contributed by atoms with Gasteiger partial charge in [-0.15, -0.1) is 0 Å². The van der Waals surface area contributed by atoms with Crippen LogP contribution in [0.5, 0.6) is 0 Å². The predicted octanol–water partition coefficient (Wildman–Crippen LogP) is 1.12. The van der Waals surface area contributed by atoms with E-state index in [2.05, 4.69) is 9.80 Å². The Labute approximate surface area is 150 Å². The first-order chi connectivity index (χ1) is 12.1. The van der Waals surface area contributed by atoms with Crippen LogP contribution in [-0.4, -0.2) is 85.0 Å². The Kier molecular flexibility index (Phi) is 6.48. The van der Waals surface area contributed by atoms with E-state index >= 15 is 0 Å². The standard InChI is InChI=1S/C19H31N3O3/c1-16(23)21-10-7-18-17(15-21)5-2-3-9-22(18)19(24)6-4-8-20-11-13-25-14-12-20/h4,6,17-18H,2-3,5,7-15H2,1H3/b6-4+/t17-,18+/m0/s1. The van der Waals surface area contributed by atoms with Crippen molar-refractivity contribution in [3.63, 3.8) is 0 Å². The van der Waals surface area contributed by atoms with Crippen LogP contribution in [0, 0.1) is 5.92 Å². The molecule has 0 aliphatic carbocycles. The van der Waals surface area contributed by atoms with Gasteiger partial charge in [-0.2, -0.15) is 0 Å². The minimum atomic E-state index is 0.140. The van der Waals surface area contributed by atoms with Gasteiger partial charge in [0.2, 0.25) is 11.8 Å². The lowest BCUT2D eigenvalue weighted by Crippen LogP contribution is -2.52. The number of ether oxygens (including phenoxy) is 1. The van der Waals surface area contributed by atoms with Crippen molar-refractivity contribution in [2.45, 2.75) is 38.6 Å². The molecular weight excluding hydrogens is 318 g/mol. The van der Waals surface area contributed by atoms with Crippen LogP contribution < -0.4 is 0 Å². The second kappa shape index (κ2) is 8.81. The third-order valence-electron chi connectivity index (χ3n) is 5.77. The molecule has 25 heavy (non-hydrogen) atoms. The molecule has 0 N–H and O–H groups in total. The highest BCUT2D eigenvalue weighted by Crippen LogP contribution is 2.30. The molecule has 0 unspecified atom stereocenters. The first kappa shape index (κ1) is 18.4. The van der Waals surface area contributed by atoms with Crippen molar-refractivity contribution < 1.29 is 14.3 Å². The van der Waals surface area contributed by atoms with E-state index in [-0.39, 0.29) is 11.8 Å². The summed E-state index contributed by atoms with van der Waals surface area (Å²) in [5, 5.41) is 0. The van der Waals surface area contributed by atoms with E-state index in [0.717, 1.165) is 78.2 Å². The monoisotopic (exact) mass is 349 g/mol. The number of piperidine rings is 1. The summed E-state index contributed by atoms with van der Waals surface area (Å²) in [6, 6.07) is 0.290. The van der Waals surface area contributed by atoms with Crippen molar-refractivity contribution in [3.8, 4) is 0 Å². The van der Waals surface area contributed by atoms with Crippen molar-refractivity contribution in [1.82, 2.24) is 14.7 Å². The number of carbonyl (C=O) groups is 2. The third-order valence-corrected chi connectivity index (χ3v) is 5.77. The molecule has 6 heteroatoms. The molecule has 2 amide bonds. The molecule has 0 aromatic carbocycles. The number of likely N-dealkylation sites (tertiary alicyclic amines) is 2. The summed E-state index contributed by atoms with van der Waals surface area (Å²) < 4.78 is 5.35. The highest BCUT2D eigenvalue weighted by Gasteiger charge is 2.36. The summed E-state index contributed by atoms with van der Waals surface area (Å²) in [4.78, 5) is 30.8. The van der Waals surface area contributed by atoms with Gasteiger partial charge >= 0.3 is 0 Å². The predicted molar refractivity (Wildman–Crippen MR) is 96.1 cm³/mol. The van der Waals surface area contributed by atoms with Crippen LogP contribution in [0.2, 0.25) is 0 Å². The fourth-order valence-corrected chi connectivity index (χ4v) is 4.31. The Balaban J connectivity index is 1.57. The zero-order valence-corrected chi connectivity index (χ0v) is 15.4. The van der Waals surface area contributed by atoms with E-state index < -0.39 is 0 Å². The van der Waals surface area contributed by atoms with Crippen molar-refractivity contribution >= 4 is 11.8 Å². The van der Waals surface area contributed by atoms with Gasteiger partial charge in [-0.1, -0.05) is 12.5 Å². The highest BCUT2D eigenvalue weighted by molar-refractivity contribution is 5.88. The molecule has 3 saturated heterocycles. The van der Waals surface area contributed by atoms with Gasteiger partial charge in [0.1, 0.15) is 0 Å². The molecule has 3 heterocycles. The number of fused-ring (bicyclic) bond motifs is 1. The average Bonchev–Trinajstić information content (AvgIpc) is 2.84. The average molecular weight is 349 g/mol. The molecule has 0 bridgehead atoms. The Morgan fingerprint density at radius 1 is 1.08 bits per heavy atom. The van der Waals surface area contributed by atoms with Crippen molar-refractivity contribution in [1.29, 1.82) is 0 Å². The zero-order valence-electron chi connectivity index (χ0n) is 15.4. The van der Waals surface area contributed by atoms with Gasteiger partial charge in [-0.05, 0) is 25.2 Å². The summed E-state index contributed by atoms with van der Waals surface area (Å²) in [6.07, 6.45) is 8.00. The van der Waals surface area contributed by atoms with Gasteiger partial charge in [0.05, 0.1) is 13.2 Å². The Bertz CT molecular complexity index is 502. The molecule has 6 nitrogen and oxygen atoms in total. The van der Waals surface area contributed by atoms with Crippen LogP contribution in [0.3, 0.4) is 0 Å². The van der Waals surface area contributed by atoms with E-state index in [1.165, 1.54) is 0 Å². The minimum Gasteiger partial charge on any atom is -0.379 e. The molecule has 0 spiro atoms. The van der Waals surface area contributed by atoms with Crippen molar-refractivity contribution in [3.05, 3.63) is 12.2 Å². The molecule has 0 aromatic heterocycles. The topological polar surface area (TPSA) is 53.1 Å². The maximum atomic E-state index is 12.8. The van der Waals surface area contributed by atoms with Gasteiger partial charge in [-0.25, -0.2) is 0 Å². The maximum Gasteiger partial charge on any atom is 0.246 e. The lowest BCUT2D eigenvalue weighted by atomic mass is 9.88. The van der Waals surface area contributed by atoms with Crippen LogP contribution in [0.4, 0.5) is 0 Å². The molecule has 140 valence electrons. The number of rotatable bonds is 3. The summed E-state index contributed by atoms with van der Waals surface area (Å²) in [5.74, 6) is 0.726. The fourth-order valence-electron chi connectivity index (χ4n) is 4.31. The van der Waals surface area contributed by atoms with Gasteiger partial charge in [0.25, 0.3) is 0 Å². The van der Waals surface area contributed by atoms with Crippen LogP contribution in [-0.2, 0) is 14.3 Å². The Morgan fingerprint density at radius 2 is 1.88 bits per heavy atom. The summed E-state index contributed by atoms with van der Waals surface area (Å²) >= 11 is 0. The van der Waals surface area contributed by atoms with Crippen LogP contribution in [0.25, 0.3) is 0 Å². The van der Waals surface area contributed by atoms with Gasteiger partial charge < -0.3 is 14.5 Å². The van der Waals surface area contributed by atoms with E-state index in [4.69, 9.17) is 4.74 Å².